The Labute approximate surface area is 136 Å². The molecule has 0 radical (unpaired) electrons. The van der Waals surface area contributed by atoms with Gasteiger partial charge in [0.05, 0.1) is 0 Å². The maximum atomic E-state index is 11.1. The van der Waals surface area contributed by atoms with Gasteiger partial charge in [0.2, 0.25) is 0 Å². The van der Waals surface area contributed by atoms with E-state index in [1.54, 1.807) is 0 Å². The van der Waals surface area contributed by atoms with Gasteiger partial charge in [-0.15, -0.1) is 0 Å². The summed E-state index contributed by atoms with van der Waals surface area (Å²) in [5, 5.41) is 4.43. The molecule has 2 aromatic heterocycles. The summed E-state index contributed by atoms with van der Waals surface area (Å²) < 4.78 is 33.2. The van der Waals surface area contributed by atoms with Crippen molar-refractivity contribution in [2.75, 3.05) is 5.73 Å². The van der Waals surface area contributed by atoms with Gasteiger partial charge in [0.25, 0.3) is 0 Å². The predicted molar refractivity (Wildman–Crippen MR) is 83.4 cm³/mol. The Kier molecular flexibility index (Phi) is 4.18. The first-order chi connectivity index (χ1) is 10.9. The molecular weight excluding hydrogens is 385 g/mol. The molecule has 0 bridgehead atoms. The molecule has 0 fully saturated rings. The average Bonchev–Trinajstić information content (AvgIpc) is 2.95. The molecule has 0 unspecified atom stereocenters. The summed E-state index contributed by atoms with van der Waals surface area (Å²) in [6, 6.07) is 5.60. The van der Waals surface area contributed by atoms with Gasteiger partial charge in [0.1, 0.15) is 0 Å². The SMILES string of the molecule is Nc1nc(SN=Nc2ccc([As](=O)(O)O)cc2)c2[nH]cnc2n1. The van der Waals surface area contributed by atoms with Crippen molar-refractivity contribution in [1.29, 1.82) is 0 Å². The number of aromatic nitrogens is 4. The predicted octanol–water partition coefficient (Wildman–Crippen LogP) is 0.287. The topological polar surface area (TPSA) is 163 Å². The van der Waals surface area contributed by atoms with Crippen LogP contribution in [0.5, 0.6) is 0 Å². The Morgan fingerprint density at radius 2 is 1.96 bits per heavy atom. The van der Waals surface area contributed by atoms with Gasteiger partial charge in [-0.05, 0) is 0 Å². The molecule has 118 valence electrons. The van der Waals surface area contributed by atoms with E-state index in [1.807, 2.05) is 0 Å². The minimum atomic E-state index is -4.87. The van der Waals surface area contributed by atoms with E-state index in [2.05, 4.69) is 29.6 Å². The van der Waals surface area contributed by atoms with E-state index in [1.165, 1.54) is 30.6 Å². The average molecular weight is 395 g/mol. The first kappa shape index (κ1) is 15.7. The Bertz CT molecular complexity index is 921. The van der Waals surface area contributed by atoms with Gasteiger partial charge < -0.3 is 0 Å². The number of nitrogens with zero attached hydrogens (tertiary/aromatic N) is 5. The zero-order valence-electron chi connectivity index (χ0n) is 11.4. The van der Waals surface area contributed by atoms with Crippen LogP contribution in [0.15, 0.2) is 45.3 Å². The first-order valence-corrected chi connectivity index (χ1v) is 10.3. The van der Waals surface area contributed by atoms with E-state index in [0.717, 1.165) is 11.9 Å². The molecule has 0 saturated heterocycles. The molecule has 3 aromatic rings. The molecule has 0 saturated carbocycles. The Morgan fingerprint density at radius 3 is 2.65 bits per heavy atom. The number of fused-ring (bicyclic) bond motifs is 1. The summed E-state index contributed by atoms with van der Waals surface area (Å²) in [5.41, 5.74) is 7.08. The van der Waals surface area contributed by atoms with Gasteiger partial charge in [0.15, 0.2) is 0 Å². The Balaban J connectivity index is 1.78. The van der Waals surface area contributed by atoms with Crippen LogP contribution in [-0.4, -0.2) is 42.3 Å². The van der Waals surface area contributed by atoms with Crippen LogP contribution < -0.4 is 10.1 Å². The van der Waals surface area contributed by atoms with Gasteiger partial charge >= 0.3 is 136 Å². The van der Waals surface area contributed by atoms with Crippen molar-refractivity contribution in [2.24, 2.45) is 9.63 Å². The molecule has 0 aliphatic carbocycles. The molecular formula is C11H10AsN7O3S. The second kappa shape index (κ2) is 6.12. The number of nitrogens with two attached hydrogens (primary N) is 1. The number of nitrogens with one attached hydrogen (secondary N) is 1. The summed E-state index contributed by atoms with van der Waals surface area (Å²) in [7, 11) is 0. The van der Waals surface area contributed by atoms with Crippen molar-refractivity contribution in [3.05, 3.63) is 30.6 Å². The second-order valence-electron chi connectivity index (χ2n) is 4.32. The van der Waals surface area contributed by atoms with Crippen molar-refractivity contribution < 1.29 is 11.9 Å². The third kappa shape index (κ3) is 3.59. The van der Waals surface area contributed by atoms with Gasteiger partial charge in [-0.3, -0.25) is 0 Å². The Morgan fingerprint density at radius 1 is 1.22 bits per heavy atom. The molecule has 10 nitrogen and oxygen atoms in total. The number of benzene rings is 1. The van der Waals surface area contributed by atoms with E-state index in [0.29, 0.717) is 21.9 Å². The monoisotopic (exact) mass is 395 g/mol. The molecule has 0 amide bonds. The standard InChI is InChI=1S/C11H10AsN7O3S/c13-11-16-9-8(14-5-15-9)10(17-11)23-19-18-7-3-1-6(2-4-7)12(20,21)22/h1-5H,(H2,20,21,22)(H3,13,14,15,16,17). The number of imidazole rings is 1. The number of aromatic amines is 1. The molecule has 0 aliphatic heterocycles. The van der Waals surface area contributed by atoms with E-state index < -0.39 is 14.2 Å². The number of H-pyrrole nitrogens is 1. The second-order valence-corrected chi connectivity index (χ2v) is 8.42. The Hall–Kier alpha value is -2.20. The van der Waals surface area contributed by atoms with Crippen LogP contribution in [0.1, 0.15) is 0 Å². The molecule has 0 aliphatic rings. The van der Waals surface area contributed by atoms with Crippen molar-refractivity contribution in [1.82, 2.24) is 19.9 Å². The summed E-state index contributed by atoms with van der Waals surface area (Å²) in [6.07, 6.45) is 1.47. The zero-order valence-corrected chi connectivity index (χ0v) is 14.1. The zero-order chi connectivity index (χ0) is 16.4. The molecule has 5 N–H and O–H groups in total. The number of hydrogen-bond donors (Lipinski definition) is 4. The van der Waals surface area contributed by atoms with Crippen LogP contribution in [0.2, 0.25) is 0 Å². The van der Waals surface area contributed by atoms with Crippen LogP contribution in [0.3, 0.4) is 0 Å². The number of rotatable bonds is 4. The molecule has 1 aromatic carbocycles. The molecule has 23 heavy (non-hydrogen) atoms. The van der Waals surface area contributed by atoms with Gasteiger partial charge in [0, 0.05) is 0 Å². The number of hydrogen-bond acceptors (Lipinski definition) is 8. The van der Waals surface area contributed by atoms with Crippen LogP contribution in [0.4, 0.5) is 11.6 Å². The van der Waals surface area contributed by atoms with Crippen LogP contribution in [-0.2, 0) is 3.74 Å². The van der Waals surface area contributed by atoms with Gasteiger partial charge in [-0.2, -0.15) is 0 Å². The summed E-state index contributed by atoms with van der Waals surface area (Å²) in [6.45, 7) is 0. The molecule has 3 rings (SSSR count). The van der Waals surface area contributed by atoms with Gasteiger partial charge in [-0.25, -0.2) is 0 Å². The fourth-order valence-corrected chi connectivity index (χ4v) is 3.42. The normalized spacial score (nSPS) is 12.3. The van der Waals surface area contributed by atoms with Crippen LogP contribution in [0.25, 0.3) is 11.2 Å². The third-order valence-corrected chi connectivity index (χ3v) is 5.41. The fraction of sp³-hybridized carbons (Fsp3) is 0. The van der Waals surface area contributed by atoms with Crippen molar-refractivity contribution in [2.45, 2.75) is 5.03 Å². The summed E-state index contributed by atoms with van der Waals surface area (Å²) in [4.78, 5) is 14.9. The summed E-state index contributed by atoms with van der Waals surface area (Å²) >= 11 is -3.89. The van der Waals surface area contributed by atoms with E-state index >= 15 is 0 Å². The first-order valence-electron chi connectivity index (χ1n) is 6.14. The van der Waals surface area contributed by atoms with Crippen LogP contribution >= 0.6 is 11.9 Å². The minimum absolute atomic E-state index is 0.0162. The summed E-state index contributed by atoms with van der Waals surface area (Å²) in [5.74, 6) is 0.0791. The van der Waals surface area contributed by atoms with E-state index in [4.69, 9.17) is 13.9 Å². The van der Waals surface area contributed by atoms with Crippen molar-refractivity contribution in [3.8, 4) is 0 Å². The van der Waals surface area contributed by atoms with E-state index in [9.17, 15) is 3.74 Å². The maximum absolute atomic E-state index is 11.1. The molecule has 0 atom stereocenters. The van der Waals surface area contributed by atoms with Crippen molar-refractivity contribution >= 4 is 53.3 Å². The van der Waals surface area contributed by atoms with Gasteiger partial charge in [-0.1, -0.05) is 0 Å². The molecule has 2 heterocycles. The molecule has 0 spiro atoms. The quantitative estimate of drug-likeness (QED) is 0.212. The van der Waals surface area contributed by atoms with Crippen LogP contribution in [0, 0.1) is 0 Å². The van der Waals surface area contributed by atoms with Crippen molar-refractivity contribution in [3.63, 3.8) is 0 Å². The number of nitrogen functional groups attached to an aromatic ring is 1. The third-order valence-electron chi connectivity index (χ3n) is 2.74. The fourth-order valence-electron chi connectivity index (χ4n) is 1.71. The molecule has 12 heteroatoms. The van der Waals surface area contributed by atoms with E-state index in [-0.39, 0.29) is 10.3 Å². The number of anilines is 1.